The van der Waals surface area contributed by atoms with Crippen molar-refractivity contribution in [2.24, 2.45) is 0 Å². The Balaban J connectivity index is 0.000000178. The summed E-state index contributed by atoms with van der Waals surface area (Å²) < 4.78 is 68.3. The number of alkyl halides is 3. The molecular formula is C110H107F3O9. The Bertz CT molecular complexity index is 5620. The summed E-state index contributed by atoms with van der Waals surface area (Å²) in [6.07, 6.45) is -3.32. The van der Waals surface area contributed by atoms with Gasteiger partial charge in [0.15, 0.2) is 0 Å². The Morgan fingerprint density at radius 1 is 0.254 bits per heavy atom. The van der Waals surface area contributed by atoms with Gasteiger partial charge in [0.05, 0.1) is 11.1 Å². The molecule has 0 aliphatic carbocycles. The van der Waals surface area contributed by atoms with Crippen LogP contribution in [0.3, 0.4) is 0 Å². The van der Waals surface area contributed by atoms with E-state index in [4.69, 9.17) is 38.4 Å². The van der Waals surface area contributed by atoms with Gasteiger partial charge in [0.2, 0.25) is 0 Å². The number of para-hydroxylation sites is 1. The lowest BCUT2D eigenvalue weighted by Crippen LogP contribution is -2.08. The summed E-state index contributed by atoms with van der Waals surface area (Å²) in [5, 5.41) is 9.09. The van der Waals surface area contributed by atoms with Gasteiger partial charge in [-0.3, -0.25) is 0 Å². The smallest absolute Gasteiger partial charge is 0.417 e. The summed E-state index contributed by atoms with van der Waals surface area (Å²) >= 11 is 0. The van der Waals surface area contributed by atoms with Crippen molar-refractivity contribution in [2.45, 2.75) is 123 Å². The maximum Gasteiger partial charge on any atom is 0.417 e. The molecule has 0 saturated heterocycles. The van der Waals surface area contributed by atoms with Gasteiger partial charge in [-0.05, 0) is 294 Å². The highest BCUT2D eigenvalue weighted by atomic mass is 19.4. The summed E-state index contributed by atoms with van der Waals surface area (Å²) in [7, 11) is 0. The molecule has 0 atom stereocenters. The minimum atomic E-state index is -4.33. The topological polar surface area (TPSA) is 118 Å². The first-order valence-corrected chi connectivity index (χ1v) is 40.1. The van der Waals surface area contributed by atoms with E-state index in [2.05, 4.69) is 168 Å². The molecule has 0 saturated carbocycles. The molecule has 0 aliphatic rings. The highest BCUT2D eigenvalue weighted by Gasteiger charge is 2.34. The van der Waals surface area contributed by atoms with Crippen LogP contribution >= 0.6 is 0 Å². The van der Waals surface area contributed by atoms with E-state index in [1.165, 1.54) is 89.5 Å². The first-order chi connectivity index (χ1) is 58.3. The summed E-state index contributed by atoms with van der Waals surface area (Å²) in [5.41, 5.74) is 24.3. The van der Waals surface area contributed by atoms with Crippen LogP contribution in [0.2, 0.25) is 0 Å². The lowest BCUT2D eigenvalue weighted by atomic mass is 9.93. The molecule has 1 N–H and O–H groups in total. The predicted molar refractivity (Wildman–Crippen MR) is 491 cm³/mol. The third-order valence-corrected chi connectivity index (χ3v) is 19.1. The number of benzene rings is 15. The zero-order valence-corrected chi connectivity index (χ0v) is 72.4. The van der Waals surface area contributed by atoms with Crippen LogP contribution in [-0.2, 0) is 22.2 Å². The molecule has 0 radical (unpaired) electrons. The molecule has 0 heterocycles. The van der Waals surface area contributed by atoms with Crippen molar-refractivity contribution in [3.8, 4) is 79.7 Å². The van der Waals surface area contributed by atoms with E-state index >= 15 is 0 Å². The molecular weight excluding hydrogens is 1520 g/mol. The second-order valence-electron chi connectivity index (χ2n) is 30.2. The fourth-order valence-electron chi connectivity index (χ4n) is 12.4. The van der Waals surface area contributed by atoms with Crippen molar-refractivity contribution < 1.29 is 56.3 Å². The van der Waals surface area contributed by atoms with Crippen LogP contribution in [0.4, 0.5) is 13.2 Å². The number of carbonyl (C=O) groups excluding carboxylic acids is 2. The molecule has 0 spiro atoms. The number of aryl methyl sites for hydroxylation is 16. The number of carboxylic acid groups (broad SMARTS) is 1. The van der Waals surface area contributed by atoms with Crippen molar-refractivity contribution in [3.05, 3.63) is 451 Å². The number of carbonyl (C=O) groups is 1. The Hall–Kier alpha value is -14.1. The minimum Gasteiger partial charge on any atom is -0.478 e. The molecule has 9 nitrogen and oxygen atoms in total. The second kappa shape index (κ2) is 46.9. The Morgan fingerprint density at radius 3 is 0.795 bits per heavy atom. The quantitative estimate of drug-likeness (QED) is 0.107. The number of aromatic carboxylic acids is 1. The maximum atomic E-state index is 13.1. The van der Waals surface area contributed by atoms with Crippen LogP contribution < -0.4 is 23.7 Å². The standard InChI is InChI=1S/C20H18O2.C19H16O2.C16H15F3.C16H16O2.C16H18.C14H14O.C8H10.CO2/c1-15-3-7-17(8-4-15)21-19-11-13-20(14-12-19)22-18-9-5-16(2)6-10-18;1-15-10-12-17(13-11-15)21-19-9-5-8-18(14-19)20-16-6-3-2-4-7-16;1-10-4-6-13(12(3)8-10)14-7-5-11(2)9-15(14)16(17,18)19;1-11-3-6-13(7-4-11)9-14-8-5-12(2)15(10-14)16(17)18;1-11-5-7-15(13(3)9-11)16-8-6-12(2)10-14(16)4;1-11-3-7-13(8-4-11)15-14-9-5-12(2)6-10-14;1-7-3-5-8(2)6-4-7;2-1-3/h3-14H,1-2H3;2-14H,1H3;4-9H,1-3H3;3-8,10H,9H2,1-2H3,(H,17,18);5-10H,1-4H3;3-10H,1-2H3;3-6H,1-2H3;. The molecule has 15 aromatic carbocycles. The van der Waals surface area contributed by atoms with Gasteiger partial charge in [0.1, 0.15) is 57.5 Å². The van der Waals surface area contributed by atoms with Crippen LogP contribution in [0, 0.1) is 111 Å². The molecule has 0 fully saturated rings. The normalized spacial score (nSPS) is 10.2. The van der Waals surface area contributed by atoms with Crippen LogP contribution in [0.25, 0.3) is 22.3 Å². The zero-order chi connectivity index (χ0) is 88.3. The van der Waals surface area contributed by atoms with Gasteiger partial charge in [-0.15, -0.1) is 0 Å². The first-order valence-electron chi connectivity index (χ1n) is 40.1. The third kappa shape index (κ3) is 32.0. The van der Waals surface area contributed by atoms with Crippen LogP contribution in [0.5, 0.6) is 57.5 Å². The highest BCUT2D eigenvalue weighted by Crippen LogP contribution is 2.40. The lowest BCUT2D eigenvalue weighted by molar-refractivity contribution is -0.191. The monoisotopic (exact) mass is 1630 g/mol. The van der Waals surface area contributed by atoms with E-state index in [1.807, 2.05) is 245 Å². The van der Waals surface area contributed by atoms with E-state index < -0.39 is 17.7 Å². The van der Waals surface area contributed by atoms with E-state index in [1.54, 1.807) is 31.2 Å². The molecule has 15 aromatic rings. The Labute approximate surface area is 718 Å². The van der Waals surface area contributed by atoms with Crippen molar-refractivity contribution in [1.29, 1.82) is 0 Å². The number of rotatable bonds is 15. The molecule has 0 aromatic heterocycles. The highest BCUT2D eigenvalue weighted by molar-refractivity contribution is 5.89. The van der Waals surface area contributed by atoms with E-state index in [9.17, 15) is 18.0 Å². The fourth-order valence-corrected chi connectivity index (χ4v) is 12.4. The first kappa shape index (κ1) is 93.4. The summed E-state index contributed by atoms with van der Waals surface area (Å²) in [6.45, 7) is 32.4. The zero-order valence-electron chi connectivity index (χ0n) is 72.4. The SMILES string of the molecule is Cc1ccc(-c2ccc(C)cc2C(F)(F)F)c(C)c1.Cc1ccc(-c2ccc(C)cc2C)c(C)c1.Cc1ccc(C)cc1.Cc1ccc(Cc2ccc(C)c(C(=O)O)c2)cc1.Cc1ccc(Oc2ccc(C)cc2)cc1.Cc1ccc(Oc2ccc(Oc3ccc(C)cc3)cc2)cc1.Cc1ccc(Oc2cccc(Oc3ccccc3)c2)cc1.O=C=O. The summed E-state index contributed by atoms with van der Waals surface area (Å²) in [5.74, 6) is 7.28. The van der Waals surface area contributed by atoms with Crippen molar-refractivity contribution in [2.75, 3.05) is 0 Å². The largest absolute Gasteiger partial charge is 0.478 e. The van der Waals surface area contributed by atoms with Crippen molar-refractivity contribution in [1.82, 2.24) is 0 Å². The van der Waals surface area contributed by atoms with E-state index in [0.717, 1.165) is 86.2 Å². The van der Waals surface area contributed by atoms with Gasteiger partial charge in [-0.2, -0.15) is 22.8 Å². The van der Waals surface area contributed by atoms with Crippen LogP contribution in [0.15, 0.2) is 340 Å². The fraction of sp³-hybridized carbons (Fsp3) is 0.164. The molecule has 122 heavy (non-hydrogen) atoms. The molecule has 0 unspecified atom stereocenters. The van der Waals surface area contributed by atoms with Crippen LogP contribution in [0.1, 0.15) is 116 Å². The maximum absolute atomic E-state index is 13.1. The third-order valence-electron chi connectivity index (χ3n) is 19.1. The number of halogens is 3. The van der Waals surface area contributed by atoms with Crippen LogP contribution in [-0.4, -0.2) is 17.2 Å². The number of hydrogen-bond acceptors (Lipinski definition) is 8. The van der Waals surface area contributed by atoms with Gasteiger partial charge in [-0.25, -0.2) is 4.79 Å². The summed E-state index contributed by atoms with van der Waals surface area (Å²) in [4.78, 5) is 27.3. The second-order valence-corrected chi connectivity index (χ2v) is 30.2. The van der Waals surface area contributed by atoms with E-state index in [-0.39, 0.29) is 11.7 Å². The molecule has 622 valence electrons. The number of carboxylic acids is 1. The minimum absolute atomic E-state index is 0.246. The molecule has 0 amide bonds. The van der Waals surface area contributed by atoms with Gasteiger partial charge in [0.25, 0.3) is 0 Å². The summed E-state index contributed by atoms with van der Waals surface area (Å²) in [6, 6.07) is 111. The average Bonchev–Trinajstić information content (AvgIpc) is 0.795. The molecule has 12 heteroatoms. The lowest BCUT2D eigenvalue weighted by Gasteiger charge is -2.16. The van der Waals surface area contributed by atoms with Crippen molar-refractivity contribution in [3.63, 3.8) is 0 Å². The Kier molecular flexibility index (Phi) is 35.9. The van der Waals surface area contributed by atoms with E-state index in [0.29, 0.717) is 16.7 Å². The van der Waals surface area contributed by atoms with Gasteiger partial charge >= 0.3 is 18.3 Å². The molecule has 0 aliphatic heterocycles. The molecule has 15 rings (SSSR count). The van der Waals surface area contributed by atoms with Crippen molar-refractivity contribution >= 4 is 12.1 Å². The number of ether oxygens (including phenoxy) is 5. The van der Waals surface area contributed by atoms with Gasteiger partial charge in [-0.1, -0.05) is 279 Å². The molecule has 0 bridgehead atoms. The average molecular weight is 1630 g/mol. The predicted octanol–water partition coefficient (Wildman–Crippen LogP) is 30.8. The van der Waals surface area contributed by atoms with Gasteiger partial charge < -0.3 is 28.8 Å². The number of hydrogen-bond donors (Lipinski definition) is 1. The Morgan fingerprint density at radius 2 is 0.492 bits per heavy atom. The van der Waals surface area contributed by atoms with Gasteiger partial charge in [0, 0.05) is 6.07 Å².